The van der Waals surface area contributed by atoms with Gasteiger partial charge in [-0.1, -0.05) is 23.2 Å². The van der Waals surface area contributed by atoms with E-state index in [1.807, 2.05) is 0 Å². The molecule has 1 aromatic carbocycles. The Morgan fingerprint density at radius 1 is 1.15 bits per heavy atom. The molecule has 0 aliphatic heterocycles. The molecule has 1 rings (SSSR count). The molecule has 0 aromatic heterocycles. The molecule has 0 amide bonds. The van der Waals surface area contributed by atoms with E-state index in [1.165, 1.54) is 12.1 Å². The van der Waals surface area contributed by atoms with Gasteiger partial charge in [0.05, 0.1) is 14.9 Å². The Labute approximate surface area is 108 Å². The quantitative estimate of drug-likeness (QED) is 0.526. The van der Waals surface area contributed by atoms with Gasteiger partial charge in [0.15, 0.2) is 0 Å². The molecule has 0 saturated carbocycles. The Kier molecular flexibility index (Phi) is 5.25. The van der Waals surface area contributed by atoms with E-state index in [4.69, 9.17) is 27.8 Å². The van der Waals surface area contributed by atoms with Gasteiger partial charge >= 0.3 is 29.6 Å². The molecule has 66 valence electrons. The molecule has 0 saturated heterocycles. The van der Waals surface area contributed by atoms with Crippen LogP contribution in [-0.4, -0.2) is 13.0 Å². The van der Waals surface area contributed by atoms with Gasteiger partial charge in [-0.15, -0.1) is 0 Å². The maximum absolute atomic E-state index is 10.6. The van der Waals surface area contributed by atoms with Crippen LogP contribution in [0.3, 0.4) is 0 Å². The molecule has 0 fully saturated rings. The van der Waals surface area contributed by atoms with Crippen molar-refractivity contribution in [1.82, 2.24) is 0 Å². The van der Waals surface area contributed by atoms with Crippen LogP contribution in [-0.2, 0) is 10.1 Å². The van der Waals surface area contributed by atoms with Gasteiger partial charge in [0.1, 0.15) is 0 Å². The second kappa shape index (κ2) is 4.98. The number of rotatable bonds is 1. The topological polar surface area (TPSA) is 54.4 Å². The normalized spacial score (nSPS) is 10.7. The van der Waals surface area contributed by atoms with Gasteiger partial charge in [0, 0.05) is 0 Å². The zero-order chi connectivity index (χ0) is 9.35. The molecule has 0 radical (unpaired) electrons. The Morgan fingerprint density at radius 3 is 2.08 bits per heavy atom. The Bertz CT molecular complexity index is 404. The first-order valence-electron chi connectivity index (χ1n) is 2.84. The second-order valence-corrected chi connectivity index (χ2v) is 4.29. The summed E-state index contributed by atoms with van der Waals surface area (Å²) in [6.45, 7) is 0. The first kappa shape index (κ1) is 13.7. The number of halogens is 2. The van der Waals surface area contributed by atoms with E-state index in [9.17, 15) is 8.42 Å². The Balaban J connectivity index is 0.00000144. The third kappa shape index (κ3) is 3.75. The predicted molar refractivity (Wildman–Crippen MR) is 46.3 cm³/mol. The van der Waals surface area contributed by atoms with Crippen molar-refractivity contribution in [3.05, 3.63) is 28.2 Å². The van der Waals surface area contributed by atoms with Gasteiger partial charge < -0.3 is 0 Å². The van der Waals surface area contributed by atoms with Crippen LogP contribution in [0.1, 0.15) is 0 Å². The van der Waals surface area contributed by atoms with Crippen LogP contribution >= 0.6 is 23.2 Å². The Morgan fingerprint density at radius 2 is 1.69 bits per heavy atom. The van der Waals surface area contributed by atoms with Crippen molar-refractivity contribution in [2.24, 2.45) is 0 Å². The maximum Gasteiger partial charge on any atom is 1.00 e. The van der Waals surface area contributed by atoms with E-state index in [0.717, 1.165) is 6.07 Å². The second-order valence-electron chi connectivity index (χ2n) is 2.05. The van der Waals surface area contributed by atoms with Crippen LogP contribution in [0.25, 0.3) is 0 Å². The predicted octanol–water partition coefficient (Wildman–Crippen LogP) is -0.756. The zero-order valence-corrected chi connectivity index (χ0v) is 11.0. The fourth-order valence-corrected chi connectivity index (χ4v) is 1.51. The third-order valence-electron chi connectivity index (χ3n) is 1.19. The summed E-state index contributed by atoms with van der Waals surface area (Å²) in [4.78, 5) is -0.267. The molecule has 0 aliphatic carbocycles. The van der Waals surface area contributed by atoms with Gasteiger partial charge in [-0.3, -0.25) is 4.55 Å². The minimum Gasteiger partial charge on any atom is -0.282 e. The molecule has 0 heterocycles. The SMILES string of the molecule is O=S(=O)(O)c1ccc(Cl)c(Cl)c1.[Na+]. The summed E-state index contributed by atoms with van der Waals surface area (Å²) in [6, 6.07) is 3.55. The molecular formula is C6H4Cl2NaO3S+. The molecule has 1 aromatic rings. The molecular weight excluding hydrogens is 246 g/mol. The molecule has 0 unspecified atom stereocenters. The van der Waals surface area contributed by atoms with Crippen LogP contribution in [0.4, 0.5) is 0 Å². The monoisotopic (exact) mass is 249 g/mol. The summed E-state index contributed by atoms with van der Waals surface area (Å²) >= 11 is 11.0. The van der Waals surface area contributed by atoms with Gasteiger partial charge in [0.25, 0.3) is 10.1 Å². The summed E-state index contributed by atoms with van der Waals surface area (Å²) in [6.07, 6.45) is 0. The van der Waals surface area contributed by atoms with Crippen molar-refractivity contribution in [1.29, 1.82) is 0 Å². The summed E-state index contributed by atoms with van der Waals surface area (Å²) in [5.74, 6) is 0. The first-order valence-corrected chi connectivity index (χ1v) is 5.03. The van der Waals surface area contributed by atoms with Crippen molar-refractivity contribution in [3.63, 3.8) is 0 Å². The van der Waals surface area contributed by atoms with E-state index in [-0.39, 0.29) is 44.5 Å². The van der Waals surface area contributed by atoms with Crippen molar-refractivity contribution in [2.75, 3.05) is 0 Å². The number of hydrogen-bond donors (Lipinski definition) is 1. The average Bonchev–Trinajstić information content (AvgIpc) is 1.92. The van der Waals surface area contributed by atoms with Crippen LogP contribution in [0.5, 0.6) is 0 Å². The molecule has 0 atom stereocenters. The van der Waals surface area contributed by atoms with E-state index < -0.39 is 10.1 Å². The molecule has 3 nitrogen and oxygen atoms in total. The molecule has 13 heavy (non-hydrogen) atoms. The van der Waals surface area contributed by atoms with Crippen molar-refractivity contribution < 1.29 is 42.5 Å². The Hall–Kier alpha value is 0.710. The van der Waals surface area contributed by atoms with Crippen molar-refractivity contribution in [3.8, 4) is 0 Å². The van der Waals surface area contributed by atoms with E-state index in [1.54, 1.807) is 0 Å². The van der Waals surface area contributed by atoms with Gasteiger partial charge in [0.2, 0.25) is 0 Å². The van der Waals surface area contributed by atoms with Crippen molar-refractivity contribution in [2.45, 2.75) is 4.90 Å². The summed E-state index contributed by atoms with van der Waals surface area (Å²) in [5, 5.41) is 0.329. The molecule has 0 spiro atoms. The standard InChI is InChI=1S/C6H4Cl2O3S.Na/c7-5-2-1-4(3-6(5)8)12(9,10)11;/h1-3H,(H,9,10,11);/q;+1. The maximum atomic E-state index is 10.6. The summed E-state index contributed by atoms with van der Waals surface area (Å²) in [7, 11) is -4.19. The molecule has 1 N–H and O–H groups in total. The first-order chi connectivity index (χ1) is 5.41. The van der Waals surface area contributed by atoms with Crippen LogP contribution in [0.15, 0.2) is 23.1 Å². The molecule has 0 aliphatic rings. The van der Waals surface area contributed by atoms with Crippen LogP contribution < -0.4 is 29.6 Å². The minimum absolute atomic E-state index is 0. The van der Waals surface area contributed by atoms with Gasteiger partial charge in [-0.25, -0.2) is 0 Å². The number of benzene rings is 1. The summed E-state index contributed by atoms with van der Waals surface area (Å²) in [5.41, 5.74) is 0. The summed E-state index contributed by atoms with van der Waals surface area (Å²) < 4.78 is 29.7. The molecule has 7 heteroatoms. The van der Waals surface area contributed by atoms with Gasteiger partial charge in [-0.05, 0) is 18.2 Å². The van der Waals surface area contributed by atoms with E-state index in [0.29, 0.717) is 0 Å². The van der Waals surface area contributed by atoms with Crippen molar-refractivity contribution >= 4 is 33.3 Å². The fraction of sp³-hybridized carbons (Fsp3) is 0. The van der Waals surface area contributed by atoms with Crippen LogP contribution in [0, 0.1) is 0 Å². The zero-order valence-electron chi connectivity index (χ0n) is 6.66. The smallest absolute Gasteiger partial charge is 0.282 e. The van der Waals surface area contributed by atoms with E-state index >= 15 is 0 Å². The van der Waals surface area contributed by atoms with Crippen LogP contribution in [0.2, 0.25) is 10.0 Å². The van der Waals surface area contributed by atoms with Gasteiger partial charge in [-0.2, -0.15) is 8.42 Å². The third-order valence-corrected chi connectivity index (χ3v) is 2.78. The average molecular weight is 250 g/mol. The largest absolute Gasteiger partial charge is 1.00 e. The van der Waals surface area contributed by atoms with E-state index in [2.05, 4.69) is 0 Å². The molecule has 0 bridgehead atoms. The minimum atomic E-state index is -4.19. The number of hydrogen-bond acceptors (Lipinski definition) is 2. The fourth-order valence-electron chi connectivity index (χ4n) is 0.637.